The van der Waals surface area contributed by atoms with Gasteiger partial charge < -0.3 is 14.4 Å². The van der Waals surface area contributed by atoms with Crippen molar-refractivity contribution in [1.82, 2.24) is 4.90 Å². The Balaban J connectivity index is 1.45. The number of carbonyl (C=O) groups excluding carboxylic acids is 2. The van der Waals surface area contributed by atoms with Gasteiger partial charge in [-0.15, -0.1) is 0 Å². The Hall–Kier alpha value is -3.46. The second-order valence-electron chi connectivity index (χ2n) is 10.7. The van der Waals surface area contributed by atoms with E-state index in [-0.39, 0.29) is 24.0 Å². The lowest BCUT2D eigenvalue weighted by atomic mass is 9.71. The third-order valence-electron chi connectivity index (χ3n) is 8.18. The van der Waals surface area contributed by atoms with Crippen LogP contribution in [0.5, 0.6) is 11.5 Å². The highest BCUT2D eigenvalue weighted by Crippen LogP contribution is 2.51. The summed E-state index contributed by atoms with van der Waals surface area (Å²) in [7, 11) is 1.57. The van der Waals surface area contributed by atoms with Gasteiger partial charge in [-0.05, 0) is 77.6 Å². The van der Waals surface area contributed by atoms with Crippen molar-refractivity contribution in [1.29, 1.82) is 0 Å². The molecular weight excluding hydrogens is 632 g/mol. The van der Waals surface area contributed by atoms with Crippen LogP contribution in [-0.2, 0) is 22.7 Å². The summed E-state index contributed by atoms with van der Waals surface area (Å²) in [6, 6.07) is 20.6. The molecule has 0 atom stereocenters. The van der Waals surface area contributed by atoms with Gasteiger partial charge in [-0.1, -0.05) is 48.5 Å². The van der Waals surface area contributed by atoms with Crippen molar-refractivity contribution < 1.29 is 23.5 Å². The lowest BCUT2D eigenvalue weighted by Gasteiger charge is -2.44. The van der Waals surface area contributed by atoms with Gasteiger partial charge in [0, 0.05) is 53.4 Å². The van der Waals surface area contributed by atoms with Gasteiger partial charge in [-0.3, -0.25) is 9.59 Å². The van der Waals surface area contributed by atoms with Crippen LogP contribution in [0.15, 0.2) is 89.3 Å². The molecule has 3 aromatic rings. The molecule has 3 aliphatic rings. The Bertz CT molecular complexity index is 1530. The molecule has 0 radical (unpaired) electrons. The average Bonchev–Trinajstić information content (AvgIpc) is 2.98. The minimum atomic E-state index is -0.448. The molecule has 41 heavy (non-hydrogen) atoms. The van der Waals surface area contributed by atoms with E-state index in [1.165, 1.54) is 6.07 Å². The first-order valence-electron chi connectivity index (χ1n) is 14.0. The number of Topliss-reactive ketones (excluding diaryl/α,β-unsaturated/α-hetero) is 2. The van der Waals surface area contributed by atoms with Crippen molar-refractivity contribution >= 4 is 34.2 Å². The largest absolute Gasteiger partial charge is 0.493 e. The highest BCUT2D eigenvalue weighted by atomic mass is 127. The Morgan fingerprint density at radius 3 is 2.15 bits per heavy atom. The maximum absolute atomic E-state index is 14.2. The van der Waals surface area contributed by atoms with Gasteiger partial charge in [0.2, 0.25) is 0 Å². The molecule has 0 saturated heterocycles. The van der Waals surface area contributed by atoms with E-state index in [4.69, 9.17) is 9.47 Å². The zero-order valence-corrected chi connectivity index (χ0v) is 25.1. The minimum absolute atomic E-state index is 0.0534. The summed E-state index contributed by atoms with van der Waals surface area (Å²) >= 11 is 2.20. The van der Waals surface area contributed by atoms with Crippen LogP contribution >= 0.6 is 22.6 Å². The number of hydrogen-bond acceptors (Lipinski definition) is 5. The summed E-state index contributed by atoms with van der Waals surface area (Å²) in [5.41, 5.74) is 5.99. The van der Waals surface area contributed by atoms with Crippen LogP contribution < -0.4 is 9.47 Å². The number of nitrogens with zero attached hydrogens (tertiary/aromatic N) is 1. The first-order valence-corrected chi connectivity index (χ1v) is 15.1. The molecule has 210 valence electrons. The van der Waals surface area contributed by atoms with Crippen molar-refractivity contribution in [2.45, 2.75) is 57.6 Å². The number of carbonyl (C=O) groups is 2. The van der Waals surface area contributed by atoms with Gasteiger partial charge in [-0.2, -0.15) is 0 Å². The molecule has 0 amide bonds. The molecule has 2 aliphatic carbocycles. The highest BCUT2D eigenvalue weighted by molar-refractivity contribution is 14.1. The van der Waals surface area contributed by atoms with E-state index in [0.717, 1.165) is 62.9 Å². The zero-order chi connectivity index (χ0) is 28.5. The molecule has 5 nitrogen and oxygen atoms in total. The molecule has 0 N–H and O–H groups in total. The number of rotatable bonds is 7. The quantitative estimate of drug-likeness (QED) is 0.244. The van der Waals surface area contributed by atoms with Crippen molar-refractivity contribution in [3.63, 3.8) is 0 Å². The fraction of sp³-hybridized carbons (Fsp3) is 0.294. The number of methoxy groups -OCH3 is 1. The average molecular weight is 664 g/mol. The van der Waals surface area contributed by atoms with Gasteiger partial charge in [0.25, 0.3) is 0 Å². The maximum atomic E-state index is 14.2. The molecule has 0 aromatic heterocycles. The van der Waals surface area contributed by atoms with Crippen LogP contribution in [-0.4, -0.2) is 23.6 Å². The lowest BCUT2D eigenvalue weighted by molar-refractivity contribution is -0.117. The SMILES string of the molecule is COc1cc(C2C3=C(CCCC3=O)N(Cc3ccccc3)C3=C2C(=O)CCC3)cc(I)c1OCc1ccccc1F. The second-order valence-corrected chi connectivity index (χ2v) is 11.9. The number of ether oxygens (including phenoxy) is 2. The fourth-order valence-corrected chi connectivity index (χ4v) is 7.10. The molecule has 0 spiro atoms. The van der Waals surface area contributed by atoms with E-state index in [9.17, 15) is 14.0 Å². The summed E-state index contributed by atoms with van der Waals surface area (Å²) in [5, 5.41) is 0. The van der Waals surface area contributed by atoms with E-state index >= 15 is 0 Å². The Labute approximate surface area is 253 Å². The molecule has 6 rings (SSSR count). The van der Waals surface area contributed by atoms with Crippen LogP contribution in [0.1, 0.15) is 61.1 Å². The van der Waals surface area contributed by atoms with Crippen molar-refractivity contribution in [3.8, 4) is 11.5 Å². The number of ketones is 2. The first-order chi connectivity index (χ1) is 20.0. The summed E-state index contributed by atoms with van der Waals surface area (Å²) in [4.78, 5) is 29.6. The molecule has 1 aliphatic heterocycles. The zero-order valence-electron chi connectivity index (χ0n) is 22.9. The van der Waals surface area contributed by atoms with E-state index in [1.54, 1.807) is 25.3 Å². The molecule has 0 unspecified atom stereocenters. The number of halogens is 2. The predicted octanol–water partition coefficient (Wildman–Crippen LogP) is 7.63. The molecular formula is C34H31FINO4. The van der Waals surface area contributed by atoms with Crippen molar-refractivity contribution in [3.05, 3.63) is 115 Å². The van der Waals surface area contributed by atoms with Crippen LogP contribution in [0.3, 0.4) is 0 Å². The maximum Gasteiger partial charge on any atom is 0.174 e. The smallest absolute Gasteiger partial charge is 0.174 e. The number of allylic oxidation sites excluding steroid dienone is 4. The number of hydrogen-bond donors (Lipinski definition) is 0. The summed E-state index contributed by atoms with van der Waals surface area (Å²) in [6.07, 6.45) is 4.15. The third-order valence-corrected chi connectivity index (χ3v) is 8.99. The first kappa shape index (κ1) is 27.7. The van der Waals surface area contributed by atoms with Gasteiger partial charge in [0.15, 0.2) is 23.1 Å². The summed E-state index contributed by atoms with van der Waals surface area (Å²) in [5.74, 6) is 0.434. The fourth-order valence-electron chi connectivity index (χ4n) is 6.32. The molecule has 0 fully saturated rings. The molecule has 3 aromatic carbocycles. The molecule has 1 heterocycles. The molecule has 0 saturated carbocycles. The van der Waals surface area contributed by atoms with Crippen LogP contribution in [0.25, 0.3) is 0 Å². The Morgan fingerprint density at radius 2 is 1.51 bits per heavy atom. The predicted molar refractivity (Wildman–Crippen MR) is 163 cm³/mol. The molecule has 7 heteroatoms. The second kappa shape index (κ2) is 11.8. The van der Waals surface area contributed by atoms with Gasteiger partial charge in [0.05, 0.1) is 10.7 Å². The van der Waals surface area contributed by atoms with E-state index in [2.05, 4.69) is 39.6 Å². The Kier molecular flexibility index (Phi) is 7.97. The highest BCUT2D eigenvalue weighted by Gasteiger charge is 2.43. The Morgan fingerprint density at radius 1 is 0.878 bits per heavy atom. The van der Waals surface area contributed by atoms with Crippen molar-refractivity contribution in [2.75, 3.05) is 7.11 Å². The van der Waals surface area contributed by atoms with Crippen LogP contribution in [0.4, 0.5) is 4.39 Å². The minimum Gasteiger partial charge on any atom is -0.493 e. The van der Waals surface area contributed by atoms with Crippen LogP contribution in [0.2, 0.25) is 0 Å². The monoisotopic (exact) mass is 663 g/mol. The topological polar surface area (TPSA) is 55.8 Å². The van der Waals surface area contributed by atoms with E-state index in [1.807, 2.05) is 30.3 Å². The van der Waals surface area contributed by atoms with Gasteiger partial charge in [-0.25, -0.2) is 4.39 Å². The third kappa shape index (κ3) is 5.32. The summed E-state index contributed by atoms with van der Waals surface area (Å²) < 4.78 is 26.9. The summed E-state index contributed by atoms with van der Waals surface area (Å²) in [6.45, 7) is 0.688. The van der Waals surface area contributed by atoms with Crippen LogP contribution in [0, 0.1) is 9.39 Å². The van der Waals surface area contributed by atoms with Crippen molar-refractivity contribution in [2.24, 2.45) is 0 Å². The standard InChI is InChI=1S/C34H31FINO4/c1-40-30-18-23(17-25(36)34(30)41-20-22-11-5-6-12-24(22)35)31-32-26(13-7-15-28(32)38)37(19-21-9-3-2-4-10-21)27-14-8-16-29(39)33(27)31/h2-6,9-12,17-18,31H,7-8,13-16,19-20H2,1H3. The lowest BCUT2D eigenvalue weighted by Crippen LogP contribution is -2.38. The number of benzene rings is 3. The normalized spacial score (nSPS) is 17.5. The van der Waals surface area contributed by atoms with E-state index in [0.29, 0.717) is 36.4 Å². The molecule has 0 bridgehead atoms. The van der Waals surface area contributed by atoms with Gasteiger partial charge in [0.1, 0.15) is 12.4 Å². The van der Waals surface area contributed by atoms with E-state index < -0.39 is 5.92 Å². The van der Waals surface area contributed by atoms with Gasteiger partial charge >= 0.3 is 0 Å².